The Bertz CT molecular complexity index is 556. The van der Waals surface area contributed by atoms with E-state index in [1.165, 1.54) is 0 Å². The molecule has 4 nitrogen and oxygen atoms in total. The lowest BCUT2D eigenvalue weighted by molar-refractivity contribution is 0.340. The maximum absolute atomic E-state index is 6.06. The third kappa shape index (κ3) is 2.76. The van der Waals surface area contributed by atoms with E-state index >= 15 is 0 Å². The van der Waals surface area contributed by atoms with E-state index in [0.29, 0.717) is 16.1 Å². The van der Waals surface area contributed by atoms with Gasteiger partial charge in [-0.1, -0.05) is 28.4 Å². The molecule has 19 heavy (non-hydrogen) atoms. The van der Waals surface area contributed by atoms with Crippen LogP contribution >= 0.6 is 23.2 Å². The SMILES string of the molecule is Clc1cc(Cl)cc(-c2cnnn2C2CCNCC2)c1. The van der Waals surface area contributed by atoms with Crippen LogP contribution in [0.3, 0.4) is 0 Å². The van der Waals surface area contributed by atoms with Crippen molar-refractivity contribution in [2.45, 2.75) is 18.9 Å². The van der Waals surface area contributed by atoms with Gasteiger partial charge in [0.1, 0.15) is 0 Å². The lowest BCUT2D eigenvalue weighted by Gasteiger charge is -2.24. The number of piperidine rings is 1. The van der Waals surface area contributed by atoms with Crippen molar-refractivity contribution in [3.8, 4) is 11.3 Å². The molecule has 1 fully saturated rings. The van der Waals surface area contributed by atoms with E-state index in [1.54, 1.807) is 12.3 Å². The molecule has 1 aromatic carbocycles. The molecule has 0 spiro atoms. The highest BCUT2D eigenvalue weighted by Gasteiger charge is 2.19. The minimum Gasteiger partial charge on any atom is -0.317 e. The summed E-state index contributed by atoms with van der Waals surface area (Å²) in [5, 5.41) is 12.9. The van der Waals surface area contributed by atoms with Gasteiger partial charge in [-0.2, -0.15) is 0 Å². The highest BCUT2D eigenvalue weighted by Crippen LogP contribution is 2.29. The first-order valence-electron chi connectivity index (χ1n) is 6.31. The van der Waals surface area contributed by atoms with Gasteiger partial charge in [0.05, 0.1) is 17.9 Å². The summed E-state index contributed by atoms with van der Waals surface area (Å²) in [4.78, 5) is 0. The van der Waals surface area contributed by atoms with Crippen LogP contribution in [0.2, 0.25) is 10.0 Å². The molecule has 1 aromatic heterocycles. The molecule has 100 valence electrons. The van der Waals surface area contributed by atoms with Crippen molar-refractivity contribution in [2.24, 2.45) is 0 Å². The zero-order chi connectivity index (χ0) is 13.2. The predicted octanol–water partition coefficient (Wildman–Crippen LogP) is 3.18. The third-order valence-electron chi connectivity index (χ3n) is 3.39. The Morgan fingerprint density at radius 3 is 2.47 bits per heavy atom. The number of nitrogens with zero attached hydrogens (tertiary/aromatic N) is 3. The Hall–Kier alpha value is -1.10. The summed E-state index contributed by atoms with van der Waals surface area (Å²) in [5.41, 5.74) is 1.93. The van der Waals surface area contributed by atoms with Crippen LogP contribution in [0.1, 0.15) is 18.9 Å². The van der Waals surface area contributed by atoms with Gasteiger partial charge in [-0.15, -0.1) is 5.10 Å². The van der Waals surface area contributed by atoms with Crippen LogP contribution in [-0.2, 0) is 0 Å². The smallest absolute Gasteiger partial charge is 0.0889 e. The molecular weight excluding hydrogens is 283 g/mol. The van der Waals surface area contributed by atoms with Crippen molar-refractivity contribution in [3.05, 3.63) is 34.4 Å². The van der Waals surface area contributed by atoms with Crippen LogP contribution in [0.4, 0.5) is 0 Å². The molecule has 0 unspecified atom stereocenters. The molecule has 6 heteroatoms. The van der Waals surface area contributed by atoms with Crippen LogP contribution in [0, 0.1) is 0 Å². The van der Waals surface area contributed by atoms with Gasteiger partial charge >= 0.3 is 0 Å². The molecule has 0 radical (unpaired) electrons. The molecule has 0 atom stereocenters. The second-order valence-corrected chi connectivity index (χ2v) is 5.58. The fourth-order valence-corrected chi connectivity index (χ4v) is 3.00. The summed E-state index contributed by atoms with van der Waals surface area (Å²) in [6.07, 6.45) is 3.89. The molecule has 2 aromatic rings. The molecule has 2 heterocycles. The molecular formula is C13H14Cl2N4. The number of rotatable bonds is 2. The molecule has 0 saturated carbocycles. The second-order valence-electron chi connectivity index (χ2n) is 4.70. The maximum Gasteiger partial charge on any atom is 0.0889 e. The van der Waals surface area contributed by atoms with Gasteiger partial charge in [0.15, 0.2) is 0 Å². The molecule has 0 aliphatic carbocycles. The van der Waals surface area contributed by atoms with E-state index in [-0.39, 0.29) is 0 Å². The highest BCUT2D eigenvalue weighted by atomic mass is 35.5. The topological polar surface area (TPSA) is 42.7 Å². The number of hydrogen-bond acceptors (Lipinski definition) is 3. The minimum absolute atomic E-state index is 0.386. The molecule has 1 aliphatic rings. The Morgan fingerprint density at radius 1 is 1.11 bits per heavy atom. The molecule has 1 aliphatic heterocycles. The molecule has 0 amide bonds. The number of halogens is 2. The van der Waals surface area contributed by atoms with Crippen LogP contribution in [0.5, 0.6) is 0 Å². The largest absolute Gasteiger partial charge is 0.317 e. The first-order valence-corrected chi connectivity index (χ1v) is 7.07. The summed E-state index contributed by atoms with van der Waals surface area (Å²) in [7, 11) is 0. The monoisotopic (exact) mass is 296 g/mol. The zero-order valence-corrected chi connectivity index (χ0v) is 11.8. The Labute approximate surface area is 121 Å². The van der Waals surface area contributed by atoms with Crippen LogP contribution in [0.25, 0.3) is 11.3 Å². The van der Waals surface area contributed by atoms with Crippen molar-refractivity contribution < 1.29 is 0 Å². The Kier molecular flexibility index (Phi) is 3.73. The van der Waals surface area contributed by atoms with Crippen molar-refractivity contribution in [2.75, 3.05) is 13.1 Å². The van der Waals surface area contributed by atoms with E-state index in [9.17, 15) is 0 Å². The van der Waals surface area contributed by atoms with Gasteiger partial charge in [-0.25, -0.2) is 4.68 Å². The van der Waals surface area contributed by atoms with Gasteiger partial charge in [-0.05, 0) is 44.1 Å². The van der Waals surface area contributed by atoms with Gasteiger partial charge in [0.2, 0.25) is 0 Å². The quantitative estimate of drug-likeness (QED) is 0.925. The van der Waals surface area contributed by atoms with Crippen molar-refractivity contribution in [1.82, 2.24) is 20.3 Å². The number of aromatic nitrogens is 3. The number of nitrogens with one attached hydrogen (secondary N) is 1. The normalized spacial score (nSPS) is 16.7. The maximum atomic E-state index is 6.06. The predicted molar refractivity (Wildman–Crippen MR) is 76.6 cm³/mol. The second kappa shape index (κ2) is 5.49. The summed E-state index contributed by atoms with van der Waals surface area (Å²) in [6, 6.07) is 5.90. The van der Waals surface area contributed by atoms with Crippen LogP contribution in [-0.4, -0.2) is 28.1 Å². The van der Waals surface area contributed by atoms with Crippen LogP contribution < -0.4 is 5.32 Å². The standard InChI is InChI=1S/C13H14Cl2N4/c14-10-5-9(6-11(15)7-10)13-8-17-18-19(13)12-1-3-16-4-2-12/h5-8,12,16H,1-4H2. The van der Waals surface area contributed by atoms with E-state index in [4.69, 9.17) is 23.2 Å². The zero-order valence-electron chi connectivity index (χ0n) is 10.3. The summed E-state index contributed by atoms with van der Waals surface area (Å²) in [5.74, 6) is 0. The number of hydrogen-bond donors (Lipinski definition) is 1. The lowest BCUT2D eigenvalue weighted by atomic mass is 10.1. The summed E-state index contributed by atoms with van der Waals surface area (Å²) >= 11 is 12.1. The first-order chi connectivity index (χ1) is 9.24. The highest BCUT2D eigenvalue weighted by molar-refractivity contribution is 6.35. The van der Waals surface area contributed by atoms with Crippen LogP contribution in [0.15, 0.2) is 24.4 Å². The molecule has 3 rings (SSSR count). The van der Waals surface area contributed by atoms with Gasteiger partial charge in [0.25, 0.3) is 0 Å². The van der Waals surface area contributed by atoms with E-state index in [0.717, 1.165) is 37.2 Å². The van der Waals surface area contributed by atoms with Crippen molar-refractivity contribution >= 4 is 23.2 Å². The van der Waals surface area contributed by atoms with Gasteiger partial charge in [-0.3, -0.25) is 0 Å². The summed E-state index contributed by atoms with van der Waals surface area (Å²) < 4.78 is 1.99. The average Bonchev–Trinajstić information content (AvgIpc) is 2.88. The molecule has 0 bridgehead atoms. The Morgan fingerprint density at radius 2 is 1.79 bits per heavy atom. The van der Waals surface area contributed by atoms with Gasteiger partial charge < -0.3 is 5.32 Å². The van der Waals surface area contributed by atoms with E-state index in [1.807, 2.05) is 16.8 Å². The van der Waals surface area contributed by atoms with Crippen molar-refractivity contribution in [1.29, 1.82) is 0 Å². The van der Waals surface area contributed by atoms with E-state index in [2.05, 4.69) is 15.6 Å². The van der Waals surface area contributed by atoms with E-state index < -0.39 is 0 Å². The molecule has 1 saturated heterocycles. The first kappa shape index (κ1) is 12.9. The average molecular weight is 297 g/mol. The number of benzene rings is 1. The van der Waals surface area contributed by atoms with Gasteiger partial charge in [0, 0.05) is 15.6 Å². The molecule has 1 N–H and O–H groups in total. The lowest BCUT2D eigenvalue weighted by Crippen LogP contribution is -2.30. The Balaban J connectivity index is 1.98. The fourth-order valence-electron chi connectivity index (χ4n) is 2.47. The van der Waals surface area contributed by atoms with Crippen molar-refractivity contribution in [3.63, 3.8) is 0 Å². The third-order valence-corrected chi connectivity index (χ3v) is 3.82. The fraction of sp³-hybridized carbons (Fsp3) is 0.385. The summed E-state index contributed by atoms with van der Waals surface area (Å²) in [6.45, 7) is 2.03. The minimum atomic E-state index is 0.386.